The first-order valence-corrected chi connectivity index (χ1v) is 9.48. The number of hydrogen-bond acceptors (Lipinski definition) is 2. The molecule has 1 heterocycles. The Kier molecular flexibility index (Phi) is 4.99. The zero-order chi connectivity index (χ0) is 18.6. The van der Waals surface area contributed by atoms with Crippen molar-refractivity contribution in [2.45, 2.75) is 25.9 Å². The largest absolute Gasteiger partial charge is 0.303 e. The second kappa shape index (κ2) is 7.73. The van der Waals surface area contributed by atoms with Gasteiger partial charge in [0.25, 0.3) is 0 Å². The van der Waals surface area contributed by atoms with Crippen LogP contribution in [0, 0.1) is 0 Å². The Morgan fingerprint density at radius 1 is 0.704 bits per heavy atom. The Hall–Kier alpha value is -2.97. The van der Waals surface area contributed by atoms with Gasteiger partial charge in [-0.15, -0.1) is 0 Å². The summed E-state index contributed by atoms with van der Waals surface area (Å²) >= 11 is 0. The fourth-order valence-electron chi connectivity index (χ4n) is 3.54. The highest BCUT2D eigenvalue weighted by Gasteiger charge is 2.17. The van der Waals surface area contributed by atoms with Crippen molar-refractivity contribution < 1.29 is 0 Å². The van der Waals surface area contributed by atoms with Crippen LogP contribution < -0.4 is 5.32 Å². The summed E-state index contributed by atoms with van der Waals surface area (Å²) in [5.74, 6) is 0. The van der Waals surface area contributed by atoms with E-state index in [1.807, 2.05) is 0 Å². The predicted molar refractivity (Wildman–Crippen MR) is 114 cm³/mol. The number of hydrogen-bond donors (Lipinski definition) is 1. The van der Waals surface area contributed by atoms with Gasteiger partial charge in [0.1, 0.15) is 0 Å². The molecule has 1 N–H and O–H groups in total. The number of pyridine rings is 1. The third-order valence-corrected chi connectivity index (χ3v) is 4.76. The molecule has 2 nitrogen and oxygen atoms in total. The third-order valence-electron chi connectivity index (χ3n) is 4.76. The predicted octanol–water partition coefficient (Wildman–Crippen LogP) is 5.99. The summed E-state index contributed by atoms with van der Waals surface area (Å²) < 4.78 is 0. The summed E-state index contributed by atoms with van der Waals surface area (Å²) in [5, 5.41) is 6.14. The molecule has 0 saturated heterocycles. The lowest BCUT2D eigenvalue weighted by atomic mass is 9.99. The van der Waals surface area contributed by atoms with Gasteiger partial charge in [0.05, 0.1) is 17.4 Å². The van der Waals surface area contributed by atoms with Crippen molar-refractivity contribution in [1.29, 1.82) is 0 Å². The van der Waals surface area contributed by atoms with Crippen LogP contribution in [0.25, 0.3) is 22.0 Å². The molecule has 0 fully saturated rings. The minimum absolute atomic E-state index is 0.0705. The standard InChI is InChI=1S/C25H24N2/c1-18(2)26-25(20-11-4-3-5-12-20)24-17-9-16-23(27-24)22-15-8-13-19-10-6-7-14-21(19)22/h3-18,25-26H,1-2H3. The molecule has 1 atom stereocenters. The highest BCUT2D eigenvalue weighted by Crippen LogP contribution is 2.29. The van der Waals surface area contributed by atoms with E-state index < -0.39 is 0 Å². The van der Waals surface area contributed by atoms with Gasteiger partial charge < -0.3 is 5.32 Å². The maximum Gasteiger partial charge on any atom is 0.0753 e. The van der Waals surface area contributed by atoms with Crippen LogP contribution in [0.1, 0.15) is 31.1 Å². The Bertz CT molecular complexity index is 1030. The number of aromatic nitrogens is 1. The molecule has 0 bridgehead atoms. The maximum atomic E-state index is 5.06. The lowest BCUT2D eigenvalue weighted by Crippen LogP contribution is -2.29. The van der Waals surface area contributed by atoms with Gasteiger partial charge in [0, 0.05) is 11.6 Å². The van der Waals surface area contributed by atoms with Gasteiger partial charge in [-0.1, -0.05) is 78.9 Å². The molecule has 0 spiro atoms. The van der Waals surface area contributed by atoms with Crippen molar-refractivity contribution in [2.75, 3.05) is 0 Å². The molecule has 0 aliphatic carbocycles. The van der Waals surface area contributed by atoms with Crippen LogP contribution in [-0.4, -0.2) is 11.0 Å². The fourth-order valence-corrected chi connectivity index (χ4v) is 3.54. The van der Waals surface area contributed by atoms with Gasteiger partial charge in [-0.3, -0.25) is 4.98 Å². The average Bonchev–Trinajstić information content (AvgIpc) is 2.72. The second-order valence-corrected chi connectivity index (χ2v) is 7.14. The summed E-state index contributed by atoms with van der Waals surface area (Å²) in [7, 11) is 0. The number of nitrogens with one attached hydrogen (secondary N) is 1. The highest BCUT2D eigenvalue weighted by atomic mass is 15.0. The molecule has 0 amide bonds. The first-order valence-electron chi connectivity index (χ1n) is 9.48. The second-order valence-electron chi connectivity index (χ2n) is 7.14. The van der Waals surface area contributed by atoms with Crippen molar-refractivity contribution in [3.05, 3.63) is 102 Å². The molecule has 134 valence electrons. The van der Waals surface area contributed by atoms with Crippen molar-refractivity contribution in [2.24, 2.45) is 0 Å². The van der Waals surface area contributed by atoms with E-state index in [1.165, 1.54) is 21.9 Å². The fraction of sp³-hybridized carbons (Fsp3) is 0.160. The molecular formula is C25H24N2. The minimum Gasteiger partial charge on any atom is -0.303 e. The van der Waals surface area contributed by atoms with E-state index in [4.69, 9.17) is 4.98 Å². The average molecular weight is 352 g/mol. The molecule has 0 radical (unpaired) electrons. The maximum absolute atomic E-state index is 5.06. The van der Waals surface area contributed by atoms with Crippen LogP contribution in [0.2, 0.25) is 0 Å². The number of benzene rings is 3. The van der Waals surface area contributed by atoms with E-state index in [9.17, 15) is 0 Å². The van der Waals surface area contributed by atoms with Crippen LogP contribution in [0.4, 0.5) is 0 Å². The lowest BCUT2D eigenvalue weighted by molar-refractivity contribution is 0.520. The Balaban J connectivity index is 1.81. The Labute approximate surface area is 160 Å². The minimum atomic E-state index is 0.0705. The smallest absolute Gasteiger partial charge is 0.0753 e. The van der Waals surface area contributed by atoms with E-state index in [1.54, 1.807) is 0 Å². The van der Waals surface area contributed by atoms with Crippen LogP contribution in [-0.2, 0) is 0 Å². The summed E-state index contributed by atoms with van der Waals surface area (Å²) in [6.07, 6.45) is 0. The molecule has 0 aliphatic heterocycles. The molecule has 2 heteroatoms. The monoisotopic (exact) mass is 352 g/mol. The van der Waals surface area contributed by atoms with Crippen LogP contribution in [0.15, 0.2) is 91.0 Å². The molecule has 1 unspecified atom stereocenters. The normalized spacial score (nSPS) is 12.4. The van der Waals surface area contributed by atoms with Gasteiger partial charge in [-0.25, -0.2) is 0 Å². The lowest BCUT2D eigenvalue weighted by Gasteiger charge is -2.22. The van der Waals surface area contributed by atoms with Crippen molar-refractivity contribution in [3.63, 3.8) is 0 Å². The third kappa shape index (κ3) is 3.76. The quantitative estimate of drug-likeness (QED) is 0.477. The van der Waals surface area contributed by atoms with Crippen molar-refractivity contribution in [3.8, 4) is 11.3 Å². The summed E-state index contributed by atoms with van der Waals surface area (Å²) in [6.45, 7) is 4.34. The first kappa shape index (κ1) is 17.4. The zero-order valence-electron chi connectivity index (χ0n) is 15.8. The van der Waals surface area contributed by atoms with Gasteiger partial charge >= 0.3 is 0 Å². The molecule has 4 aromatic rings. The van der Waals surface area contributed by atoms with Crippen LogP contribution in [0.5, 0.6) is 0 Å². The molecule has 3 aromatic carbocycles. The van der Waals surface area contributed by atoms with Gasteiger partial charge in [-0.2, -0.15) is 0 Å². The van der Waals surface area contributed by atoms with E-state index >= 15 is 0 Å². The number of rotatable bonds is 5. The zero-order valence-corrected chi connectivity index (χ0v) is 15.8. The van der Waals surface area contributed by atoms with Crippen LogP contribution >= 0.6 is 0 Å². The number of nitrogens with zero attached hydrogens (tertiary/aromatic N) is 1. The summed E-state index contributed by atoms with van der Waals surface area (Å²) in [6, 6.07) is 32.2. The van der Waals surface area contributed by atoms with Gasteiger partial charge in [0.2, 0.25) is 0 Å². The molecule has 0 aliphatic rings. The van der Waals surface area contributed by atoms with Crippen molar-refractivity contribution >= 4 is 10.8 Å². The molecular weight excluding hydrogens is 328 g/mol. The molecule has 0 saturated carbocycles. The Morgan fingerprint density at radius 3 is 2.22 bits per heavy atom. The molecule has 1 aromatic heterocycles. The Morgan fingerprint density at radius 2 is 1.41 bits per heavy atom. The topological polar surface area (TPSA) is 24.9 Å². The van der Waals surface area contributed by atoms with Crippen LogP contribution in [0.3, 0.4) is 0 Å². The SMILES string of the molecule is CC(C)NC(c1ccccc1)c1cccc(-c2cccc3ccccc23)n1. The number of fused-ring (bicyclic) bond motifs is 1. The first-order chi connectivity index (χ1) is 13.2. The summed E-state index contributed by atoms with van der Waals surface area (Å²) in [5.41, 5.74) is 4.45. The highest BCUT2D eigenvalue weighted by molar-refractivity contribution is 5.95. The van der Waals surface area contributed by atoms with E-state index in [2.05, 4.69) is 110 Å². The molecule has 4 rings (SSSR count). The van der Waals surface area contributed by atoms with Gasteiger partial charge in [-0.05, 0) is 42.3 Å². The molecule has 27 heavy (non-hydrogen) atoms. The van der Waals surface area contributed by atoms with E-state index in [0.717, 1.165) is 11.4 Å². The van der Waals surface area contributed by atoms with E-state index in [0.29, 0.717) is 6.04 Å². The van der Waals surface area contributed by atoms with E-state index in [-0.39, 0.29) is 6.04 Å². The van der Waals surface area contributed by atoms with Gasteiger partial charge in [0.15, 0.2) is 0 Å². The van der Waals surface area contributed by atoms with Crippen molar-refractivity contribution in [1.82, 2.24) is 10.3 Å². The summed E-state index contributed by atoms with van der Waals surface area (Å²) in [4.78, 5) is 5.06.